The Bertz CT molecular complexity index is 586. The van der Waals surface area contributed by atoms with Gasteiger partial charge in [-0.2, -0.15) is 0 Å². The van der Waals surface area contributed by atoms with Gasteiger partial charge in [0, 0.05) is 44.2 Å². The van der Waals surface area contributed by atoms with E-state index in [1.807, 2.05) is 12.1 Å². The summed E-state index contributed by atoms with van der Waals surface area (Å²) in [5.74, 6) is 2.04. The van der Waals surface area contributed by atoms with Crippen LogP contribution >= 0.6 is 24.0 Å². The minimum absolute atomic E-state index is 0. The molecule has 1 aliphatic heterocycles. The fourth-order valence-electron chi connectivity index (χ4n) is 5.18. The third kappa shape index (κ3) is 7.16. The van der Waals surface area contributed by atoms with Crippen LogP contribution in [-0.2, 0) is 6.42 Å². The first-order valence-corrected chi connectivity index (χ1v) is 11.7. The smallest absolute Gasteiger partial charge is 0.191 e. The Morgan fingerprint density at radius 2 is 1.59 bits per heavy atom. The predicted octanol–water partition coefficient (Wildman–Crippen LogP) is 4.72. The lowest BCUT2D eigenvalue weighted by molar-refractivity contribution is 0.150. The normalized spacial score (nSPS) is 23.1. The van der Waals surface area contributed by atoms with Gasteiger partial charge in [-0.3, -0.25) is 4.99 Å². The average molecular weight is 514 g/mol. The van der Waals surface area contributed by atoms with Crippen molar-refractivity contribution in [1.29, 1.82) is 0 Å². The summed E-state index contributed by atoms with van der Waals surface area (Å²) < 4.78 is 5.46. The first-order valence-electron chi connectivity index (χ1n) is 11.7. The van der Waals surface area contributed by atoms with E-state index in [1.165, 1.54) is 83.7 Å². The first-order chi connectivity index (χ1) is 13.9. The van der Waals surface area contributed by atoms with Crippen molar-refractivity contribution in [3.63, 3.8) is 0 Å². The molecule has 0 unspecified atom stereocenters. The number of rotatable bonds is 6. The van der Waals surface area contributed by atoms with Crippen molar-refractivity contribution in [3.05, 3.63) is 24.2 Å². The van der Waals surface area contributed by atoms with Crippen LogP contribution in [0.25, 0.3) is 0 Å². The molecule has 2 heterocycles. The summed E-state index contributed by atoms with van der Waals surface area (Å²) >= 11 is 0. The molecule has 0 radical (unpaired) electrons. The average Bonchev–Trinajstić information content (AvgIpc) is 3.44. The third-order valence-electron chi connectivity index (χ3n) is 6.87. The Morgan fingerprint density at radius 1 is 0.931 bits per heavy atom. The van der Waals surface area contributed by atoms with Gasteiger partial charge < -0.3 is 20.0 Å². The number of piperidine rings is 1. The molecular formula is C23H39IN4O. The van der Waals surface area contributed by atoms with Gasteiger partial charge >= 0.3 is 0 Å². The Hall–Kier alpha value is -0.760. The monoisotopic (exact) mass is 514 g/mol. The summed E-state index contributed by atoms with van der Waals surface area (Å²) in [5, 5.41) is 7.52. The van der Waals surface area contributed by atoms with E-state index >= 15 is 0 Å². The molecule has 6 heteroatoms. The van der Waals surface area contributed by atoms with Gasteiger partial charge in [0.05, 0.1) is 6.26 Å². The number of nitrogens with zero attached hydrogens (tertiary/aromatic N) is 2. The van der Waals surface area contributed by atoms with Crippen LogP contribution < -0.4 is 10.6 Å². The molecule has 3 aliphatic rings. The summed E-state index contributed by atoms with van der Waals surface area (Å²) in [6.45, 7) is 3.26. The SMILES string of the molecule is I.c1coc(CCN=C(NC2CCCCC2)NC2CCN(C3CCCC3)CC2)c1. The zero-order valence-electron chi connectivity index (χ0n) is 17.8. The van der Waals surface area contributed by atoms with Crippen LogP contribution in [0.15, 0.2) is 27.8 Å². The molecule has 4 rings (SSSR count). The highest BCUT2D eigenvalue weighted by atomic mass is 127. The van der Waals surface area contributed by atoms with Gasteiger partial charge in [-0.1, -0.05) is 32.1 Å². The number of aliphatic imine (C=N–C) groups is 1. The molecule has 0 atom stereocenters. The van der Waals surface area contributed by atoms with E-state index in [9.17, 15) is 0 Å². The second-order valence-corrected chi connectivity index (χ2v) is 8.93. The van der Waals surface area contributed by atoms with Crippen molar-refractivity contribution in [1.82, 2.24) is 15.5 Å². The van der Waals surface area contributed by atoms with E-state index in [-0.39, 0.29) is 24.0 Å². The van der Waals surface area contributed by atoms with E-state index in [0.717, 1.165) is 30.7 Å². The number of guanidine groups is 1. The lowest BCUT2D eigenvalue weighted by atomic mass is 9.95. The zero-order chi connectivity index (χ0) is 19.0. The molecule has 29 heavy (non-hydrogen) atoms. The maximum Gasteiger partial charge on any atom is 0.191 e. The minimum atomic E-state index is 0. The molecule has 1 saturated heterocycles. The van der Waals surface area contributed by atoms with Crippen LogP contribution in [-0.4, -0.2) is 48.6 Å². The maximum absolute atomic E-state index is 5.46. The van der Waals surface area contributed by atoms with Crippen LogP contribution in [0.2, 0.25) is 0 Å². The van der Waals surface area contributed by atoms with Crippen LogP contribution in [0.1, 0.15) is 76.4 Å². The van der Waals surface area contributed by atoms with E-state index in [2.05, 4.69) is 15.5 Å². The Morgan fingerprint density at radius 3 is 2.24 bits per heavy atom. The van der Waals surface area contributed by atoms with Crippen molar-refractivity contribution in [2.75, 3.05) is 19.6 Å². The van der Waals surface area contributed by atoms with Crippen molar-refractivity contribution >= 4 is 29.9 Å². The maximum atomic E-state index is 5.46. The number of halogens is 1. The van der Waals surface area contributed by atoms with Crippen molar-refractivity contribution in [3.8, 4) is 0 Å². The fourth-order valence-corrected chi connectivity index (χ4v) is 5.18. The highest BCUT2D eigenvalue weighted by Gasteiger charge is 2.27. The molecule has 0 amide bonds. The second kappa shape index (κ2) is 12.2. The quantitative estimate of drug-likeness (QED) is 0.328. The fraction of sp³-hybridized carbons (Fsp3) is 0.783. The van der Waals surface area contributed by atoms with E-state index in [4.69, 9.17) is 9.41 Å². The van der Waals surface area contributed by atoms with Gasteiger partial charge in [-0.05, 0) is 50.7 Å². The highest BCUT2D eigenvalue weighted by molar-refractivity contribution is 14.0. The number of hydrogen-bond donors (Lipinski definition) is 2. The Labute approximate surface area is 193 Å². The van der Waals surface area contributed by atoms with Gasteiger partial charge in [0.25, 0.3) is 0 Å². The molecule has 2 N–H and O–H groups in total. The van der Waals surface area contributed by atoms with E-state index < -0.39 is 0 Å². The standard InChI is InChI=1S/C23H38N4O.HI/c1-2-7-19(8-3-1)25-23(24-15-12-22-11-6-18-28-22)26-20-13-16-27(17-14-20)21-9-4-5-10-21;/h6,11,18-21H,1-5,7-10,12-17H2,(H2,24,25,26);1H. The molecule has 1 aromatic rings. The zero-order valence-corrected chi connectivity index (χ0v) is 20.1. The van der Waals surface area contributed by atoms with Crippen LogP contribution in [0.5, 0.6) is 0 Å². The second-order valence-electron chi connectivity index (χ2n) is 8.93. The largest absolute Gasteiger partial charge is 0.469 e. The lowest BCUT2D eigenvalue weighted by Crippen LogP contribution is -2.52. The molecular weight excluding hydrogens is 475 g/mol. The lowest BCUT2D eigenvalue weighted by Gasteiger charge is -2.37. The topological polar surface area (TPSA) is 52.8 Å². The van der Waals surface area contributed by atoms with Crippen LogP contribution in [0, 0.1) is 0 Å². The molecule has 3 fully saturated rings. The third-order valence-corrected chi connectivity index (χ3v) is 6.87. The minimum Gasteiger partial charge on any atom is -0.469 e. The number of likely N-dealkylation sites (tertiary alicyclic amines) is 1. The van der Waals surface area contributed by atoms with Crippen molar-refractivity contribution < 1.29 is 4.42 Å². The molecule has 0 aromatic carbocycles. The number of hydrogen-bond acceptors (Lipinski definition) is 3. The molecule has 2 saturated carbocycles. The summed E-state index contributed by atoms with van der Waals surface area (Å²) in [4.78, 5) is 7.65. The Kier molecular flexibility index (Phi) is 9.62. The molecule has 1 aromatic heterocycles. The molecule has 0 spiro atoms. The molecule has 5 nitrogen and oxygen atoms in total. The van der Waals surface area contributed by atoms with Gasteiger partial charge in [-0.15, -0.1) is 24.0 Å². The predicted molar refractivity (Wildman–Crippen MR) is 130 cm³/mol. The van der Waals surface area contributed by atoms with Gasteiger partial charge in [0.1, 0.15) is 5.76 Å². The number of nitrogens with one attached hydrogen (secondary N) is 2. The molecule has 2 aliphatic carbocycles. The molecule has 0 bridgehead atoms. The molecule has 164 valence electrons. The Balaban J connectivity index is 0.00000240. The van der Waals surface area contributed by atoms with Crippen molar-refractivity contribution in [2.24, 2.45) is 4.99 Å². The summed E-state index contributed by atoms with van der Waals surface area (Å²) in [7, 11) is 0. The van der Waals surface area contributed by atoms with E-state index in [0.29, 0.717) is 12.1 Å². The highest BCUT2D eigenvalue weighted by Crippen LogP contribution is 2.26. The van der Waals surface area contributed by atoms with Gasteiger partial charge in [0.2, 0.25) is 0 Å². The van der Waals surface area contributed by atoms with Gasteiger partial charge in [-0.25, -0.2) is 0 Å². The summed E-state index contributed by atoms with van der Waals surface area (Å²) in [6, 6.07) is 5.99. The van der Waals surface area contributed by atoms with Crippen molar-refractivity contribution in [2.45, 2.75) is 95.2 Å². The summed E-state index contributed by atoms with van der Waals surface area (Å²) in [6.07, 6.45) is 17.4. The number of furan rings is 1. The van der Waals surface area contributed by atoms with E-state index in [1.54, 1.807) is 6.26 Å². The van der Waals surface area contributed by atoms with Crippen LogP contribution in [0.4, 0.5) is 0 Å². The van der Waals surface area contributed by atoms with Gasteiger partial charge in [0.15, 0.2) is 5.96 Å². The summed E-state index contributed by atoms with van der Waals surface area (Å²) in [5.41, 5.74) is 0. The first kappa shape index (κ1) is 22.9. The van der Waals surface area contributed by atoms with Crippen LogP contribution in [0.3, 0.4) is 0 Å².